The van der Waals surface area contributed by atoms with Crippen LogP contribution in [0.25, 0.3) is 0 Å². The van der Waals surface area contributed by atoms with E-state index >= 15 is 0 Å². The van der Waals surface area contributed by atoms with Crippen LogP contribution in [-0.2, 0) is 4.74 Å². The topological polar surface area (TPSA) is 55.0 Å². The lowest BCUT2D eigenvalue weighted by Crippen LogP contribution is -2.01. The van der Waals surface area contributed by atoms with Crippen LogP contribution in [-0.4, -0.2) is 23.0 Å². The van der Waals surface area contributed by atoms with Crippen LogP contribution in [0.5, 0.6) is 0 Å². The van der Waals surface area contributed by atoms with E-state index in [1.54, 1.807) is 0 Å². The van der Waals surface area contributed by atoms with Crippen molar-refractivity contribution in [2.45, 2.75) is 0 Å². The third kappa shape index (κ3) is 1.31. The first-order chi connectivity index (χ1) is 4.84. The van der Waals surface area contributed by atoms with Crippen LogP contribution in [0.15, 0.2) is 12.4 Å². The summed E-state index contributed by atoms with van der Waals surface area (Å²) in [6.07, 6.45) is 2.59. The second kappa shape index (κ2) is 2.95. The Morgan fingerprint density at radius 3 is 3.20 bits per heavy atom. The molecule has 4 nitrogen and oxygen atoms in total. The molecule has 0 unspecified atom stereocenters. The largest absolute Gasteiger partial charge is 0.430 e. The molecule has 1 N–H and O–H groups in total. The van der Waals surface area contributed by atoms with Crippen molar-refractivity contribution in [1.82, 2.24) is 10.2 Å². The van der Waals surface area contributed by atoms with Gasteiger partial charge in [0.05, 0.1) is 11.8 Å². The standard InChI is InChI=1S/C5H5FN2O2/c6-3-10-5(9)4-1-7-8-2-4/h1-2H,3H2,(H,7,8). The molecule has 0 fully saturated rings. The number of hydrogen-bond donors (Lipinski definition) is 1. The number of H-pyrrole nitrogens is 1. The zero-order valence-electron chi connectivity index (χ0n) is 5.00. The van der Waals surface area contributed by atoms with E-state index in [9.17, 15) is 9.18 Å². The first-order valence-corrected chi connectivity index (χ1v) is 2.56. The van der Waals surface area contributed by atoms with Crippen LogP contribution < -0.4 is 0 Å². The van der Waals surface area contributed by atoms with E-state index in [0.717, 1.165) is 0 Å². The minimum atomic E-state index is -1.11. The Balaban J connectivity index is 2.59. The molecule has 1 heterocycles. The summed E-state index contributed by atoms with van der Waals surface area (Å²) in [6, 6.07) is 0. The molecule has 10 heavy (non-hydrogen) atoms. The number of nitrogens with one attached hydrogen (secondary N) is 1. The van der Waals surface area contributed by atoms with Gasteiger partial charge in [0.25, 0.3) is 0 Å². The van der Waals surface area contributed by atoms with Crippen molar-refractivity contribution in [3.05, 3.63) is 18.0 Å². The van der Waals surface area contributed by atoms with Crippen LogP contribution >= 0.6 is 0 Å². The number of aromatic nitrogens is 2. The normalized spacial score (nSPS) is 9.30. The van der Waals surface area contributed by atoms with Crippen molar-refractivity contribution in [2.24, 2.45) is 0 Å². The number of ether oxygens (including phenoxy) is 1. The van der Waals surface area contributed by atoms with Gasteiger partial charge >= 0.3 is 5.97 Å². The molecule has 0 aromatic carbocycles. The molecule has 0 aliphatic heterocycles. The molecule has 0 bridgehead atoms. The quantitative estimate of drug-likeness (QED) is 0.614. The fraction of sp³-hybridized carbons (Fsp3) is 0.200. The maximum Gasteiger partial charge on any atom is 0.343 e. The lowest BCUT2D eigenvalue weighted by Gasteiger charge is -1.92. The van der Waals surface area contributed by atoms with Crippen molar-refractivity contribution in [2.75, 3.05) is 6.86 Å². The summed E-state index contributed by atoms with van der Waals surface area (Å²) in [5.74, 6) is -0.712. The molecule has 5 heteroatoms. The minimum Gasteiger partial charge on any atom is -0.430 e. The third-order valence-corrected chi connectivity index (χ3v) is 0.920. The van der Waals surface area contributed by atoms with Crippen molar-refractivity contribution in [3.63, 3.8) is 0 Å². The SMILES string of the molecule is O=C(OCF)c1cn[nH]c1. The zero-order chi connectivity index (χ0) is 7.40. The number of rotatable bonds is 2. The van der Waals surface area contributed by atoms with Crippen molar-refractivity contribution >= 4 is 5.97 Å². The Morgan fingerprint density at radius 2 is 2.70 bits per heavy atom. The third-order valence-electron chi connectivity index (χ3n) is 0.920. The van der Waals surface area contributed by atoms with Crippen molar-refractivity contribution in [3.8, 4) is 0 Å². The average Bonchev–Trinajstić information content (AvgIpc) is 2.38. The molecule has 54 valence electrons. The molecule has 0 saturated carbocycles. The molecule has 0 amide bonds. The first-order valence-electron chi connectivity index (χ1n) is 2.56. The zero-order valence-corrected chi connectivity index (χ0v) is 5.00. The maximum atomic E-state index is 11.4. The Kier molecular flexibility index (Phi) is 1.99. The van der Waals surface area contributed by atoms with Gasteiger partial charge in [-0.3, -0.25) is 5.10 Å². The highest BCUT2D eigenvalue weighted by molar-refractivity contribution is 5.88. The van der Waals surface area contributed by atoms with Crippen molar-refractivity contribution in [1.29, 1.82) is 0 Å². The van der Waals surface area contributed by atoms with E-state index in [2.05, 4.69) is 14.9 Å². The van der Waals surface area contributed by atoms with Gasteiger partial charge in [-0.25, -0.2) is 9.18 Å². The van der Waals surface area contributed by atoms with Crippen LogP contribution in [0, 0.1) is 0 Å². The molecule has 0 radical (unpaired) electrons. The number of alkyl halides is 1. The van der Waals surface area contributed by atoms with Gasteiger partial charge in [0, 0.05) is 6.20 Å². The lowest BCUT2D eigenvalue weighted by molar-refractivity contribution is 0.0324. The number of nitrogens with zero attached hydrogens (tertiary/aromatic N) is 1. The smallest absolute Gasteiger partial charge is 0.343 e. The average molecular weight is 144 g/mol. The Labute approximate surface area is 56.0 Å². The first kappa shape index (κ1) is 6.73. The van der Waals surface area contributed by atoms with Crippen LogP contribution in [0.1, 0.15) is 10.4 Å². The van der Waals surface area contributed by atoms with E-state index in [-0.39, 0.29) is 5.56 Å². The number of carbonyl (C=O) groups excluding carboxylic acids is 1. The second-order valence-corrected chi connectivity index (χ2v) is 1.53. The maximum absolute atomic E-state index is 11.4. The van der Waals surface area contributed by atoms with Gasteiger partial charge in [-0.15, -0.1) is 0 Å². The molecule has 0 saturated heterocycles. The minimum absolute atomic E-state index is 0.220. The van der Waals surface area contributed by atoms with E-state index in [4.69, 9.17) is 0 Å². The summed E-state index contributed by atoms with van der Waals surface area (Å²) in [5.41, 5.74) is 0.220. The predicted molar refractivity (Wildman–Crippen MR) is 30.0 cm³/mol. The summed E-state index contributed by atoms with van der Waals surface area (Å²) < 4.78 is 15.4. The Bertz CT molecular complexity index is 209. The van der Waals surface area contributed by atoms with Gasteiger partial charge in [0.2, 0.25) is 6.86 Å². The number of halogens is 1. The molecular formula is C5H5FN2O2. The summed E-state index contributed by atoms with van der Waals surface area (Å²) in [5, 5.41) is 5.87. The lowest BCUT2D eigenvalue weighted by atomic mass is 10.4. The van der Waals surface area contributed by atoms with Crippen LogP contribution in [0.4, 0.5) is 4.39 Å². The molecule has 0 aliphatic carbocycles. The molecular weight excluding hydrogens is 139 g/mol. The summed E-state index contributed by atoms with van der Waals surface area (Å²) >= 11 is 0. The van der Waals surface area contributed by atoms with Crippen LogP contribution in [0.2, 0.25) is 0 Å². The summed E-state index contributed by atoms with van der Waals surface area (Å²) in [4.78, 5) is 10.6. The molecule has 0 spiro atoms. The number of hydrogen-bond acceptors (Lipinski definition) is 3. The number of carbonyl (C=O) groups is 1. The Hall–Kier alpha value is -1.39. The van der Waals surface area contributed by atoms with Gasteiger partial charge in [-0.1, -0.05) is 0 Å². The van der Waals surface area contributed by atoms with Gasteiger partial charge in [-0.05, 0) is 0 Å². The van der Waals surface area contributed by atoms with Crippen molar-refractivity contribution < 1.29 is 13.9 Å². The van der Waals surface area contributed by atoms with Gasteiger partial charge in [-0.2, -0.15) is 5.10 Å². The van der Waals surface area contributed by atoms with Gasteiger partial charge in [0.15, 0.2) is 0 Å². The van der Waals surface area contributed by atoms with Gasteiger partial charge in [0.1, 0.15) is 0 Å². The van der Waals surface area contributed by atoms with E-state index in [0.29, 0.717) is 0 Å². The molecule has 0 atom stereocenters. The van der Waals surface area contributed by atoms with Gasteiger partial charge < -0.3 is 4.74 Å². The fourth-order valence-corrected chi connectivity index (χ4v) is 0.495. The molecule has 1 rings (SSSR count). The van der Waals surface area contributed by atoms with E-state index in [1.807, 2.05) is 0 Å². The summed E-state index contributed by atoms with van der Waals surface area (Å²) in [7, 11) is 0. The second-order valence-electron chi connectivity index (χ2n) is 1.53. The molecule has 0 aliphatic rings. The molecule has 1 aromatic heterocycles. The predicted octanol–water partition coefficient (Wildman–Crippen LogP) is 0.493. The number of esters is 1. The fourth-order valence-electron chi connectivity index (χ4n) is 0.495. The van der Waals surface area contributed by atoms with E-state index in [1.165, 1.54) is 12.4 Å². The highest BCUT2D eigenvalue weighted by Gasteiger charge is 2.05. The van der Waals surface area contributed by atoms with Crippen LogP contribution in [0.3, 0.4) is 0 Å². The monoisotopic (exact) mass is 144 g/mol. The highest BCUT2D eigenvalue weighted by Crippen LogP contribution is 1.96. The molecule has 1 aromatic rings. The van der Waals surface area contributed by atoms with E-state index < -0.39 is 12.8 Å². The Morgan fingerprint density at radius 1 is 1.90 bits per heavy atom. The number of aromatic amines is 1. The summed E-state index contributed by atoms with van der Waals surface area (Å²) in [6.45, 7) is -1.11. The highest BCUT2D eigenvalue weighted by atomic mass is 19.1.